The first-order chi connectivity index (χ1) is 12.4. The fraction of sp³-hybridized carbons (Fsp3) is 0.526. The highest BCUT2D eigenvalue weighted by molar-refractivity contribution is 7.26. The van der Waals surface area contributed by atoms with Gasteiger partial charge in [-0.3, -0.25) is 0 Å². The third kappa shape index (κ3) is 2.42. The Morgan fingerprint density at radius 3 is 2.72 bits per heavy atom. The Bertz CT molecular complexity index is 946. The molecule has 0 unspecified atom stereocenters. The second kappa shape index (κ2) is 6.18. The number of thiophene rings is 1. The van der Waals surface area contributed by atoms with Gasteiger partial charge in [-0.2, -0.15) is 0 Å². The van der Waals surface area contributed by atoms with Gasteiger partial charge in [-0.25, -0.2) is 15.0 Å². The van der Waals surface area contributed by atoms with Gasteiger partial charge in [-0.05, 0) is 43.2 Å². The van der Waals surface area contributed by atoms with Crippen LogP contribution in [0.15, 0.2) is 6.33 Å². The molecule has 0 saturated carbocycles. The van der Waals surface area contributed by atoms with Crippen LogP contribution < -0.4 is 4.90 Å². The van der Waals surface area contributed by atoms with Gasteiger partial charge in [0.2, 0.25) is 0 Å². The Morgan fingerprint density at radius 2 is 1.92 bits per heavy atom. The quantitative estimate of drug-likeness (QED) is 0.705. The summed E-state index contributed by atoms with van der Waals surface area (Å²) in [5.74, 6) is 1.05. The van der Waals surface area contributed by atoms with Crippen molar-refractivity contribution >= 4 is 37.6 Å². The van der Waals surface area contributed by atoms with Crippen LogP contribution in [0.3, 0.4) is 0 Å². The van der Waals surface area contributed by atoms with Crippen LogP contribution in [0.4, 0.5) is 5.82 Å². The molecule has 1 fully saturated rings. The Labute approximate surface area is 151 Å². The van der Waals surface area contributed by atoms with E-state index in [1.165, 1.54) is 46.2 Å². The molecule has 0 atom stereocenters. The summed E-state index contributed by atoms with van der Waals surface area (Å²) in [6.45, 7) is 5.54. The number of fused-ring (bicyclic) bond motifs is 5. The summed E-state index contributed by atoms with van der Waals surface area (Å²) in [5.41, 5.74) is 5.39. The third-order valence-corrected chi connectivity index (χ3v) is 6.50. The smallest absolute Gasteiger partial charge is 0.150 e. The van der Waals surface area contributed by atoms with Gasteiger partial charge in [0.1, 0.15) is 17.0 Å². The number of morpholine rings is 1. The van der Waals surface area contributed by atoms with E-state index >= 15 is 0 Å². The number of anilines is 1. The Morgan fingerprint density at radius 1 is 1.12 bits per heavy atom. The summed E-state index contributed by atoms with van der Waals surface area (Å²) >= 11 is 1.77. The number of hydrogen-bond donors (Lipinski definition) is 0. The molecule has 0 amide bonds. The van der Waals surface area contributed by atoms with Crippen LogP contribution in [-0.4, -0.2) is 41.3 Å². The molecule has 1 saturated heterocycles. The first-order valence-electron chi connectivity index (χ1n) is 9.27. The van der Waals surface area contributed by atoms with Crippen molar-refractivity contribution < 1.29 is 4.74 Å². The van der Waals surface area contributed by atoms with Gasteiger partial charge in [0.15, 0.2) is 0 Å². The molecule has 5 rings (SSSR count). The first-order valence-corrected chi connectivity index (χ1v) is 10.1. The number of nitrogens with zero attached hydrogens (tertiary/aromatic N) is 4. The summed E-state index contributed by atoms with van der Waals surface area (Å²) < 4.78 is 6.69. The molecule has 4 heterocycles. The average Bonchev–Trinajstić information content (AvgIpc) is 3.06. The Kier molecular flexibility index (Phi) is 3.82. The van der Waals surface area contributed by atoms with E-state index < -0.39 is 0 Å². The molecule has 5 nitrogen and oxygen atoms in total. The van der Waals surface area contributed by atoms with E-state index in [4.69, 9.17) is 9.72 Å². The van der Waals surface area contributed by atoms with E-state index in [0.717, 1.165) is 55.3 Å². The van der Waals surface area contributed by atoms with Crippen molar-refractivity contribution in [3.05, 3.63) is 23.1 Å². The first kappa shape index (κ1) is 15.5. The van der Waals surface area contributed by atoms with Crippen molar-refractivity contribution in [1.82, 2.24) is 15.0 Å². The molecule has 0 N–H and O–H groups in total. The zero-order valence-electron chi connectivity index (χ0n) is 14.5. The second-order valence-corrected chi connectivity index (χ2v) is 7.83. The lowest BCUT2D eigenvalue weighted by Gasteiger charge is -2.27. The van der Waals surface area contributed by atoms with Crippen molar-refractivity contribution in [3.8, 4) is 0 Å². The highest BCUT2D eigenvalue weighted by Crippen LogP contribution is 2.41. The zero-order chi connectivity index (χ0) is 16.8. The molecule has 0 spiro atoms. The van der Waals surface area contributed by atoms with Crippen LogP contribution in [-0.2, 0) is 24.0 Å². The molecular formula is C19H22N4OS. The molecule has 1 aliphatic carbocycles. The maximum atomic E-state index is 5.50. The van der Waals surface area contributed by atoms with Crippen LogP contribution in [0.25, 0.3) is 20.4 Å². The minimum atomic E-state index is 0.768. The van der Waals surface area contributed by atoms with Crippen LogP contribution in [0, 0.1) is 0 Å². The molecule has 1 aliphatic heterocycles. The largest absolute Gasteiger partial charge is 0.378 e. The summed E-state index contributed by atoms with van der Waals surface area (Å²) in [5, 5.41) is 1.30. The van der Waals surface area contributed by atoms with Crippen LogP contribution >= 0.6 is 11.3 Å². The number of aromatic nitrogens is 3. The highest BCUT2D eigenvalue weighted by atomic mass is 32.1. The van der Waals surface area contributed by atoms with Crippen molar-refractivity contribution in [2.75, 3.05) is 31.2 Å². The van der Waals surface area contributed by atoms with Crippen molar-refractivity contribution in [2.45, 2.75) is 39.0 Å². The molecule has 130 valence electrons. The Balaban J connectivity index is 1.78. The van der Waals surface area contributed by atoms with E-state index in [1.807, 2.05) is 0 Å². The van der Waals surface area contributed by atoms with Crippen LogP contribution in [0.1, 0.15) is 36.6 Å². The van der Waals surface area contributed by atoms with Gasteiger partial charge in [0, 0.05) is 24.2 Å². The predicted octanol–water partition coefficient (Wildman–Crippen LogP) is 3.52. The van der Waals surface area contributed by atoms with Gasteiger partial charge >= 0.3 is 0 Å². The van der Waals surface area contributed by atoms with Crippen molar-refractivity contribution in [3.63, 3.8) is 0 Å². The maximum absolute atomic E-state index is 5.50. The highest BCUT2D eigenvalue weighted by Gasteiger charge is 2.24. The van der Waals surface area contributed by atoms with Gasteiger partial charge in [-0.15, -0.1) is 11.3 Å². The SMILES string of the molecule is CCc1nc2sc3c(N4CCOCC4)ncnc3c2c2c1CCCC2. The van der Waals surface area contributed by atoms with E-state index in [9.17, 15) is 0 Å². The monoisotopic (exact) mass is 354 g/mol. The van der Waals surface area contributed by atoms with Crippen LogP contribution in [0.2, 0.25) is 0 Å². The number of rotatable bonds is 2. The normalized spacial score (nSPS) is 18.0. The predicted molar refractivity (Wildman–Crippen MR) is 102 cm³/mol. The molecule has 0 aromatic carbocycles. The second-order valence-electron chi connectivity index (χ2n) is 6.83. The number of hydrogen-bond acceptors (Lipinski definition) is 6. The van der Waals surface area contributed by atoms with Gasteiger partial charge < -0.3 is 9.64 Å². The van der Waals surface area contributed by atoms with Gasteiger partial charge in [0.25, 0.3) is 0 Å². The van der Waals surface area contributed by atoms with Gasteiger partial charge in [0.05, 0.1) is 23.4 Å². The molecular weight excluding hydrogens is 332 g/mol. The fourth-order valence-corrected chi connectivity index (χ4v) is 5.41. The molecule has 0 radical (unpaired) electrons. The van der Waals surface area contributed by atoms with E-state index in [-0.39, 0.29) is 0 Å². The van der Waals surface area contributed by atoms with Crippen molar-refractivity contribution in [1.29, 1.82) is 0 Å². The number of pyridine rings is 1. The minimum Gasteiger partial charge on any atom is -0.378 e. The molecule has 2 aliphatic rings. The average molecular weight is 354 g/mol. The van der Waals surface area contributed by atoms with Gasteiger partial charge in [-0.1, -0.05) is 6.92 Å². The fourth-order valence-electron chi connectivity index (χ4n) is 4.22. The van der Waals surface area contributed by atoms with E-state index in [0.29, 0.717) is 0 Å². The molecule has 6 heteroatoms. The van der Waals surface area contributed by atoms with Crippen molar-refractivity contribution in [2.24, 2.45) is 0 Å². The minimum absolute atomic E-state index is 0.768. The summed E-state index contributed by atoms with van der Waals surface area (Å²) in [7, 11) is 0. The summed E-state index contributed by atoms with van der Waals surface area (Å²) in [6.07, 6.45) is 7.61. The third-order valence-electron chi connectivity index (χ3n) is 5.43. The standard InChI is InChI=1S/C19H22N4OS/c1-2-14-12-5-3-4-6-13(12)15-16-17(25-19(15)22-14)18(21-11-20-16)23-7-9-24-10-8-23/h11H,2-10H2,1H3. The topological polar surface area (TPSA) is 51.1 Å². The molecule has 3 aromatic rings. The molecule has 25 heavy (non-hydrogen) atoms. The van der Waals surface area contributed by atoms with Crippen LogP contribution in [0.5, 0.6) is 0 Å². The zero-order valence-corrected chi connectivity index (χ0v) is 15.4. The lowest BCUT2D eigenvalue weighted by molar-refractivity contribution is 0.122. The Hall–Kier alpha value is -1.79. The summed E-state index contributed by atoms with van der Waals surface area (Å²) in [4.78, 5) is 17.8. The summed E-state index contributed by atoms with van der Waals surface area (Å²) in [6, 6.07) is 0. The van der Waals surface area contributed by atoms with E-state index in [2.05, 4.69) is 21.8 Å². The lowest BCUT2D eigenvalue weighted by Crippen LogP contribution is -2.36. The molecule has 0 bridgehead atoms. The van der Waals surface area contributed by atoms with E-state index in [1.54, 1.807) is 17.7 Å². The maximum Gasteiger partial charge on any atom is 0.150 e. The lowest BCUT2D eigenvalue weighted by atomic mass is 9.88. The number of aryl methyl sites for hydroxylation is 2. The number of ether oxygens (including phenoxy) is 1. The molecule has 3 aromatic heterocycles.